The Morgan fingerprint density at radius 1 is 1.33 bits per heavy atom. The van der Waals surface area contributed by atoms with Crippen LogP contribution in [0.5, 0.6) is 5.75 Å². The summed E-state index contributed by atoms with van der Waals surface area (Å²) >= 11 is 0. The lowest BCUT2D eigenvalue weighted by Gasteiger charge is -2.53. The van der Waals surface area contributed by atoms with E-state index in [1.165, 1.54) is 24.8 Å². The molecule has 0 spiro atoms. The van der Waals surface area contributed by atoms with Crippen LogP contribution in [0, 0.1) is 5.92 Å². The van der Waals surface area contributed by atoms with E-state index < -0.39 is 0 Å². The van der Waals surface area contributed by atoms with Crippen LogP contribution in [-0.2, 0) is 5.54 Å². The number of hydrogen-bond donors (Lipinski definition) is 1. The topological polar surface area (TPSA) is 21.3 Å². The summed E-state index contributed by atoms with van der Waals surface area (Å²) in [6.07, 6.45) is 3.91. The van der Waals surface area contributed by atoms with Crippen LogP contribution in [0.2, 0.25) is 0 Å². The third-order valence-corrected chi connectivity index (χ3v) is 3.91. The Morgan fingerprint density at radius 2 is 2.13 bits per heavy atom. The van der Waals surface area contributed by atoms with Gasteiger partial charge in [-0.2, -0.15) is 0 Å². The van der Waals surface area contributed by atoms with Gasteiger partial charge in [0.1, 0.15) is 5.75 Å². The molecule has 0 amide bonds. The maximum atomic E-state index is 5.45. The highest BCUT2D eigenvalue weighted by atomic mass is 16.5. The number of fused-ring (bicyclic) bond motifs is 2. The van der Waals surface area contributed by atoms with Gasteiger partial charge < -0.3 is 10.1 Å². The lowest BCUT2D eigenvalue weighted by atomic mass is 9.61. The largest absolute Gasteiger partial charge is 0.496 e. The van der Waals surface area contributed by atoms with Crippen LogP contribution in [0.15, 0.2) is 24.3 Å². The van der Waals surface area contributed by atoms with Crippen molar-refractivity contribution in [1.29, 1.82) is 0 Å². The standard InChI is InChI=1S/C13H17NO/c1-15-12-5-3-2-4-11(12)13-8-10(9-13)6-7-14-13/h2-5,10,14H,6-9H2,1H3. The van der Waals surface area contributed by atoms with Gasteiger partial charge in [0.25, 0.3) is 0 Å². The summed E-state index contributed by atoms with van der Waals surface area (Å²) < 4.78 is 5.45. The van der Waals surface area contributed by atoms with Gasteiger partial charge in [0.05, 0.1) is 7.11 Å². The molecule has 15 heavy (non-hydrogen) atoms. The predicted octanol–water partition coefficient (Wildman–Crippen LogP) is 2.29. The molecule has 2 aliphatic heterocycles. The molecule has 2 saturated heterocycles. The Morgan fingerprint density at radius 3 is 2.80 bits per heavy atom. The summed E-state index contributed by atoms with van der Waals surface area (Å²) in [6.45, 7) is 1.16. The fraction of sp³-hybridized carbons (Fsp3) is 0.538. The number of ether oxygens (including phenoxy) is 1. The number of methoxy groups -OCH3 is 1. The van der Waals surface area contributed by atoms with E-state index in [0.717, 1.165) is 18.2 Å². The van der Waals surface area contributed by atoms with Crippen molar-refractivity contribution in [2.75, 3.05) is 13.7 Å². The van der Waals surface area contributed by atoms with E-state index >= 15 is 0 Å². The van der Waals surface area contributed by atoms with Crippen LogP contribution in [0.1, 0.15) is 24.8 Å². The van der Waals surface area contributed by atoms with E-state index in [-0.39, 0.29) is 5.54 Å². The van der Waals surface area contributed by atoms with Gasteiger partial charge in [-0.05, 0) is 37.8 Å². The molecule has 2 heterocycles. The molecule has 3 aliphatic rings. The molecule has 0 atom stereocenters. The summed E-state index contributed by atoms with van der Waals surface area (Å²) in [5.41, 5.74) is 1.58. The normalized spacial score (nSPS) is 33.3. The first-order chi connectivity index (χ1) is 7.34. The van der Waals surface area contributed by atoms with Crippen LogP contribution in [-0.4, -0.2) is 13.7 Å². The van der Waals surface area contributed by atoms with Crippen LogP contribution in [0.3, 0.4) is 0 Å². The Bertz CT molecular complexity index is 363. The molecular formula is C13H17NO. The summed E-state index contributed by atoms with van der Waals surface area (Å²) in [4.78, 5) is 0. The second-order valence-corrected chi connectivity index (χ2v) is 4.77. The number of nitrogens with one attached hydrogen (secondary N) is 1. The lowest BCUT2D eigenvalue weighted by molar-refractivity contribution is 0.0481. The highest BCUT2D eigenvalue weighted by Gasteiger charge is 2.49. The van der Waals surface area contributed by atoms with Gasteiger partial charge in [-0.25, -0.2) is 0 Å². The van der Waals surface area contributed by atoms with E-state index in [9.17, 15) is 0 Å². The highest BCUT2D eigenvalue weighted by molar-refractivity contribution is 5.41. The smallest absolute Gasteiger partial charge is 0.123 e. The molecule has 2 heteroatoms. The molecule has 1 aromatic carbocycles. The van der Waals surface area contributed by atoms with Crippen molar-refractivity contribution in [2.24, 2.45) is 5.92 Å². The highest BCUT2D eigenvalue weighted by Crippen LogP contribution is 2.52. The predicted molar refractivity (Wildman–Crippen MR) is 60.0 cm³/mol. The van der Waals surface area contributed by atoms with Gasteiger partial charge in [-0.15, -0.1) is 0 Å². The summed E-state index contributed by atoms with van der Waals surface area (Å²) in [6, 6.07) is 8.41. The molecule has 80 valence electrons. The monoisotopic (exact) mass is 203 g/mol. The molecule has 0 aromatic heterocycles. The minimum absolute atomic E-state index is 0.232. The SMILES string of the molecule is COc1ccccc1C12CC(CCN1)C2. The van der Waals surface area contributed by atoms with Gasteiger partial charge in [-0.3, -0.25) is 0 Å². The third-order valence-electron chi connectivity index (χ3n) is 3.91. The average Bonchev–Trinajstić information content (AvgIpc) is 2.28. The van der Waals surface area contributed by atoms with Crippen molar-refractivity contribution in [3.05, 3.63) is 29.8 Å². The van der Waals surface area contributed by atoms with Crippen LogP contribution in [0.25, 0.3) is 0 Å². The van der Waals surface area contributed by atoms with E-state index in [2.05, 4.69) is 23.5 Å². The summed E-state index contributed by atoms with van der Waals surface area (Å²) in [5, 5.41) is 3.67. The average molecular weight is 203 g/mol. The number of benzene rings is 1. The Hall–Kier alpha value is -1.02. The zero-order valence-electron chi connectivity index (χ0n) is 9.12. The van der Waals surface area contributed by atoms with E-state index in [4.69, 9.17) is 4.74 Å². The number of hydrogen-bond acceptors (Lipinski definition) is 2. The summed E-state index contributed by atoms with van der Waals surface area (Å²) in [5.74, 6) is 1.97. The van der Waals surface area contributed by atoms with Crippen molar-refractivity contribution in [2.45, 2.75) is 24.8 Å². The molecule has 3 fully saturated rings. The Labute approximate surface area is 90.6 Å². The van der Waals surface area contributed by atoms with Crippen LogP contribution in [0.4, 0.5) is 0 Å². The van der Waals surface area contributed by atoms with Crippen molar-refractivity contribution in [3.63, 3.8) is 0 Å². The van der Waals surface area contributed by atoms with Crippen LogP contribution < -0.4 is 10.1 Å². The minimum Gasteiger partial charge on any atom is -0.496 e. The van der Waals surface area contributed by atoms with Gasteiger partial charge >= 0.3 is 0 Å². The molecular weight excluding hydrogens is 186 g/mol. The van der Waals surface area contributed by atoms with E-state index in [1.807, 2.05) is 6.07 Å². The van der Waals surface area contributed by atoms with Gasteiger partial charge in [0, 0.05) is 11.1 Å². The van der Waals surface area contributed by atoms with Gasteiger partial charge in [0.2, 0.25) is 0 Å². The Balaban J connectivity index is 1.98. The second-order valence-electron chi connectivity index (χ2n) is 4.77. The molecule has 0 radical (unpaired) electrons. The third kappa shape index (κ3) is 1.28. The first-order valence-corrected chi connectivity index (χ1v) is 5.73. The molecule has 4 rings (SSSR count). The summed E-state index contributed by atoms with van der Waals surface area (Å²) in [7, 11) is 1.76. The minimum atomic E-state index is 0.232. The number of para-hydroxylation sites is 1. The van der Waals surface area contributed by atoms with Crippen molar-refractivity contribution in [1.82, 2.24) is 5.32 Å². The van der Waals surface area contributed by atoms with Crippen LogP contribution >= 0.6 is 0 Å². The molecule has 1 aliphatic carbocycles. The lowest BCUT2D eigenvalue weighted by Crippen LogP contribution is -2.57. The fourth-order valence-corrected chi connectivity index (χ4v) is 3.14. The number of piperidine rings is 2. The van der Waals surface area contributed by atoms with Gasteiger partial charge in [0.15, 0.2) is 0 Å². The molecule has 2 nitrogen and oxygen atoms in total. The van der Waals surface area contributed by atoms with Gasteiger partial charge in [-0.1, -0.05) is 18.2 Å². The maximum absolute atomic E-state index is 5.45. The van der Waals surface area contributed by atoms with Crippen molar-refractivity contribution >= 4 is 0 Å². The molecule has 0 unspecified atom stereocenters. The zero-order chi connectivity index (χ0) is 10.3. The van der Waals surface area contributed by atoms with Crippen molar-refractivity contribution < 1.29 is 4.74 Å². The molecule has 1 saturated carbocycles. The quantitative estimate of drug-likeness (QED) is 0.796. The van der Waals surface area contributed by atoms with Crippen molar-refractivity contribution in [3.8, 4) is 5.75 Å². The first kappa shape index (κ1) is 9.22. The first-order valence-electron chi connectivity index (χ1n) is 5.73. The molecule has 1 aromatic rings. The van der Waals surface area contributed by atoms with E-state index in [0.29, 0.717) is 0 Å². The maximum Gasteiger partial charge on any atom is 0.123 e. The molecule has 2 bridgehead atoms. The van der Waals surface area contributed by atoms with E-state index in [1.54, 1.807) is 7.11 Å². The Kier molecular flexibility index (Phi) is 1.99. The fourth-order valence-electron chi connectivity index (χ4n) is 3.14. The molecule has 1 N–H and O–H groups in total. The second kappa shape index (κ2) is 3.24. The number of rotatable bonds is 2. The zero-order valence-corrected chi connectivity index (χ0v) is 9.12.